The standard InChI is InChI=1S/C12H15Cl2NO2/c1-16-5-3-15-11-2-4-17-12-9(11)6-8(13)7-10(12)14/h6-7,11,15H,2-5H2,1H3. The molecule has 1 unspecified atom stereocenters. The van der Waals surface area contributed by atoms with E-state index >= 15 is 0 Å². The van der Waals surface area contributed by atoms with Crippen LogP contribution >= 0.6 is 23.2 Å². The lowest BCUT2D eigenvalue weighted by molar-refractivity contribution is 0.188. The Kier molecular flexibility index (Phi) is 4.51. The number of nitrogens with one attached hydrogen (secondary N) is 1. The Bertz CT molecular complexity index is 398. The van der Waals surface area contributed by atoms with Crippen LogP contribution in [0.25, 0.3) is 0 Å². The van der Waals surface area contributed by atoms with Crippen molar-refractivity contribution in [2.24, 2.45) is 0 Å². The fourth-order valence-corrected chi connectivity index (χ4v) is 2.54. The van der Waals surface area contributed by atoms with Crippen molar-refractivity contribution < 1.29 is 9.47 Å². The molecule has 2 rings (SSSR count). The molecule has 0 radical (unpaired) electrons. The first-order valence-electron chi connectivity index (χ1n) is 5.56. The van der Waals surface area contributed by atoms with Crippen molar-refractivity contribution in [2.75, 3.05) is 26.9 Å². The van der Waals surface area contributed by atoms with E-state index in [4.69, 9.17) is 32.7 Å². The first-order valence-corrected chi connectivity index (χ1v) is 6.32. The number of ether oxygens (including phenoxy) is 2. The van der Waals surface area contributed by atoms with Gasteiger partial charge >= 0.3 is 0 Å². The lowest BCUT2D eigenvalue weighted by Gasteiger charge is -2.27. The lowest BCUT2D eigenvalue weighted by Crippen LogP contribution is -2.29. The number of hydrogen-bond acceptors (Lipinski definition) is 3. The number of fused-ring (bicyclic) bond motifs is 1. The van der Waals surface area contributed by atoms with Gasteiger partial charge in [0.1, 0.15) is 5.75 Å². The van der Waals surface area contributed by atoms with Crippen molar-refractivity contribution in [3.05, 3.63) is 27.7 Å². The molecular weight excluding hydrogens is 261 g/mol. The molecule has 17 heavy (non-hydrogen) atoms. The van der Waals surface area contributed by atoms with Crippen molar-refractivity contribution in [3.8, 4) is 5.75 Å². The minimum atomic E-state index is 0.227. The first-order chi connectivity index (χ1) is 8.22. The molecule has 0 aliphatic carbocycles. The monoisotopic (exact) mass is 275 g/mol. The van der Waals surface area contributed by atoms with Crippen LogP contribution in [0.5, 0.6) is 5.75 Å². The van der Waals surface area contributed by atoms with Crippen LogP contribution in [-0.4, -0.2) is 26.9 Å². The molecule has 5 heteroatoms. The fraction of sp³-hybridized carbons (Fsp3) is 0.500. The number of benzene rings is 1. The number of methoxy groups -OCH3 is 1. The van der Waals surface area contributed by atoms with Gasteiger partial charge in [-0.25, -0.2) is 0 Å². The molecule has 0 bridgehead atoms. The summed E-state index contributed by atoms with van der Waals surface area (Å²) in [5.41, 5.74) is 1.03. The second kappa shape index (κ2) is 5.91. The molecule has 1 aliphatic heterocycles. The molecule has 1 N–H and O–H groups in total. The van der Waals surface area contributed by atoms with Gasteiger partial charge in [0.2, 0.25) is 0 Å². The summed E-state index contributed by atoms with van der Waals surface area (Å²) in [5, 5.41) is 4.62. The third kappa shape index (κ3) is 3.05. The lowest BCUT2D eigenvalue weighted by atomic mass is 10.0. The minimum absolute atomic E-state index is 0.227. The van der Waals surface area contributed by atoms with Crippen molar-refractivity contribution in [2.45, 2.75) is 12.5 Å². The summed E-state index contributed by atoms with van der Waals surface area (Å²) in [6.07, 6.45) is 0.910. The molecular formula is C12H15Cl2NO2. The maximum absolute atomic E-state index is 6.11. The van der Waals surface area contributed by atoms with Crippen LogP contribution < -0.4 is 10.1 Å². The van der Waals surface area contributed by atoms with Crippen LogP contribution in [0, 0.1) is 0 Å². The maximum atomic E-state index is 6.11. The van der Waals surface area contributed by atoms with Gasteiger partial charge in [0.25, 0.3) is 0 Å². The van der Waals surface area contributed by atoms with Crippen LogP contribution in [0.2, 0.25) is 10.0 Å². The largest absolute Gasteiger partial charge is 0.492 e. The highest BCUT2D eigenvalue weighted by Crippen LogP contribution is 2.39. The first kappa shape index (κ1) is 13.0. The molecule has 3 nitrogen and oxygen atoms in total. The SMILES string of the molecule is COCCNC1CCOc2c(Cl)cc(Cl)cc21. The molecule has 0 amide bonds. The summed E-state index contributed by atoms with van der Waals surface area (Å²) in [7, 11) is 1.69. The molecule has 1 heterocycles. The van der Waals surface area contributed by atoms with E-state index in [1.165, 1.54) is 0 Å². The van der Waals surface area contributed by atoms with Crippen molar-refractivity contribution >= 4 is 23.2 Å². The van der Waals surface area contributed by atoms with Gasteiger partial charge in [0.15, 0.2) is 0 Å². The predicted molar refractivity (Wildman–Crippen MR) is 69.2 cm³/mol. The average molecular weight is 276 g/mol. The van der Waals surface area contributed by atoms with Crippen molar-refractivity contribution in [3.63, 3.8) is 0 Å². The topological polar surface area (TPSA) is 30.5 Å². The van der Waals surface area contributed by atoms with Crippen LogP contribution in [0.3, 0.4) is 0 Å². The highest BCUT2D eigenvalue weighted by Gasteiger charge is 2.23. The van der Waals surface area contributed by atoms with Crippen molar-refractivity contribution in [1.29, 1.82) is 0 Å². The quantitative estimate of drug-likeness (QED) is 0.857. The number of hydrogen-bond donors (Lipinski definition) is 1. The third-order valence-electron chi connectivity index (χ3n) is 2.76. The number of halogens is 2. The Labute approximate surface area is 111 Å². The van der Waals surface area contributed by atoms with Gasteiger partial charge in [0, 0.05) is 36.7 Å². The second-order valence-corrected chi connectivity index (χ2v) is 4.79. The zero-order valence-corrected chi connectivity index (χ0v) is 11.1. The minimum Gasteiger partial charge on any atom is -0.492 e. The third-order valence-corrected chi connectivity index (χ3v) is 3.26. The second-order valence-electron chi connectivity index (χ2n) is 3.94. The molecule has 0 spiro atoms. The molecule has 0 fully saturated rings. The Morgan fingerprint density at radius 2 is 2.29 bits per heavy atom. The average Bonchev–Trinajstić information content (AvgIpc) is 2.30. The summed E-state index contributed by atoms with van der Waals surface area (Å²) >= 11 is 12.1. The summed E-state index contributed by atoms with van der Waals surface area (Å²) < 4.78 is 10.6. The van der Waals surface area contributed by atoms with E-state index in [1.807, 2.05) is 6.07 Å². The summed E-state index contributed by atoms with van der Waals surface area (Å²) in [6, 6.07) is 3.84. The van der Waals surface area contributed by atoms with E-state index in [2.05, 4.69) is 5.32 Å². The van der Waals surface area contributed by atoms with E-state index in [9.17, 15) is 0 Å². The van der Waals surface area contributed by atoms with E-state index in [0.29, 0.717) is 23.3 Å². The summed E-state index contributed by atoms with van der Waals surface area (Å²) in [4.78, 5) is 0. The zero-order valence-electron chi connectivity index (χ0n) is 9.63. The van der Waals surface area contributed by atoms with E-state index < -0.39 is 0 Å². The van der Waals surface area contributed by atoms with Crippen LogP contribution in [0.15, 0.2) is 12.1 Å². The smallest absolute Gasteiger partial charge is 0.142 e. The Morgan fingerprint density at radius 1 is 1.47 bits per heavy atom. The Balaban J connectivity index is 2.18. The van der Waals surface area contributed by atoms with Gasteiger partial charge in [-0.15, -0.1) is 0 Å². The molecule has 0 saturated heterocycles. The molecule has 0 aromatic heterocycles. The van der Waals surface area contributed by atoms with Crippen molar-refractivity contribution in [1.82, 2.24) is 5.32 Å². The normalized spacial score (nSPS) is 18.6. The Morgan fingerprint density at radius 3 is 3.06 bits per heavy atom. The van der Waals surface area contributed by atoms with E-state index in [1.54, 1.807) is 13.2 Å². The van der Waals surface area contributed by atoms with Gasteiger partial charge < -0.3 is 14.8 Å². The van der Waals surface area contributed by atoms with E-state index in [0.717, 1.165) is 24.3 Å². The Hall–Kier alpha value is -0.480. The molecule has 1 aliphatic rings. The fourth-order valence-electron chi connectivity index (χ4n) is 1.97. The summed E-state index contributed by atoms with van der Waals surface area (Å²) in [6.45, 7) is 2.14. The molecule has 1 atom stereocenters. The molecule has 1 aromatic carbocycles. The van der Waals surface area contributed by atoms with Gasteiger partial charge in [-0.2, -0.15) is 0 Å². The predicted octanol–water partition coefficient (Wildman–Crippen LogP) is 3.05. The van der Waals surface area contributed by atoms with Crippen LogP contribution in [0.1, 0.15) is 18.0 Å². The van der Waals surface area contributed by atoms with Crippen LogP contribution in [-0.2, 0) is 4.74 Å². The van der Waals surface area contributed by atoms with Gasteiger partial charge in [0.05, 0.1) is 18.2 Å². The number of rotatable bonds is 4. The van der Waals surface area contributed by atoms with Gasteiger partial charge in [-0.1, -0.05) is 23.2 Å². The van der Waals surface area contributed by atoms with Gasteiger partial charge in [-0.3, -0.25) is 0 Å². The van der Waals surface area contributed by atoms with Gasteiger partial charge in [-0.05, 0) is 12.1 Å². The molecule has 94 valence electrons. The molecule has 1 aromatic rings. The zero-order chi connectivity index (χ0) is 12.3. The highest BCUT2D eigenvalue weighted by atomic mass is 35.5. The van der Waals surface area contributed by atoms with Crippen LogP contribution in [0.4, 0.5) is 0 Å². The maximum Gasteiger partial charge on any atom is 0.142 e. The van der Waals surface area contributed by atoms with E-state index in [-0.39, 0.29) is 6.04 Å². The highest BCUT2D eigenvalue weighted by molar-refractivity contribution is 6.35. The summed E-state index contributed by atoms with van der Waals surface area (Å²) in [5.74, 6) is 0.747. The molecule has 0 saturated carbocycles.